The molecule has 0 aliphatic rings. The molecule has 1 amide bonds. The monoisotopic (exact) mass is 376 g/mol. The van der Waals surface area contributed by atoms with E-state index >= 15 is 0 Å². The molecule has 0 aliphatic heterocycles. The summed E-state index contributed by atoms with van der Waals surface area (Å²) in [6.07, 6.45) is -4.16. The van der Waals surface area contributed by atoms with E-state index in [2.05, 4.69) is 5.32 Å². The molecule has 1 aromatic heterocycles. The Hall–Kier alpha value is -2.35. The Morgan fingerprint density at radius 1 is 1.28 bits per heavy atom. The zero-order valence-electron chi connectivity index (χ0n) is 12.9. The number of halogens is 5. The molecule has 134 valence electrons. The van der Waals surface area contributed by atoms with Crippen molar-refractivity contribution in [1.29, 1.82) is 0 Å². The number of amides is 1. The van der Waals surface area contributed by atoms with E-state index in [0.717, 1.165) is 0 Å². The average molecular weight is 377 g/mol. The van der Waals surface area contributed by atoms with E-state index in [9.17, 15) is 27.2 Å². The number of carbonyl (C=O) groups excluding carboxylic acids is 1. The van der Waals surface area contributed by atoms with Gasteiger partial charge in [0.1, 0.15) is 17.4 Å². The van der Waals surface area contributed by atoms with Gasteiger partial charge in [0.05, 0.1) is 11.6 Å². The first-order valence-corrected chi connectivity index (χ1v) is 7.47. The molecule has 9 heteroatoms. The summed E-state index contributed by atoms with van der Waals surface area (Å²) in [6.45, 7) is 0.987. The number of carbonyl (C=O) groups is 1. The smallest absolute Gasteiger partial charge is 0.348 e. The number of nitrogens with one attached hydrogen (secondary N) is 1. The van der Waals surface area contributed by atoms with Crippen molar-refractivity contribution in [3.8, 4) is 0 Å². The fourth-order valence-electron chi connectivity index (χ4n) is 2.15. The topological polar surface area (TPSA) is 51.1 Å². The van der Waals surface area contributed by atoms with Gasteiger partial charge in [-0.1, -0.05) is 23.7 Å². The fourth-order valence-corrected chi connectivity index (χ4v) is 2.37. The van der Waals surface area contributed by atoms with Crippen molar-refractivity contribution in [2.45, 2.75) is 25.7 Å². The fraction of sp³-hybridized carbons (Fsp3) is 0.250. The molecule has 0 aliphatic carbocycles. The van der Waals surface area contributed by atoms with Crippen molar-refractivity contribution in [3.05, 3.63) is 68.8 Å². The Labute approximate surface area is 145 Å². The van der Waals surface area contributed by atoms with E-state index in [0.29, 0.717) is 22.4 Å². The van der Waals surface area contributed by atoms with Crippen molar-refractivity contribution < 1.29 is 22.4 Å². The molecule has 1 heterocycles. The number of nitrogens with zero attached hydrogens (tertiary/aromatic N) is 1. The quantitative estimate of drug-likeness (QED) is 0.830. The second kappa shape index (κ2) is 7.26. The van der Waals surface area contributed by atoms with E-state index in [4.69, 9.17) is 11.6 Å². The summed E-state index contributed by atoms with van der Waals surface area (Å²) in [5.74, 6) is -1.12. The normalized spacial score (nSPS) is 12.7. The lowest BCUT2D eigenvalue weighted by Gasteiger charge is -2.16. The molecule has 0 saturated heterocycles. The van der Waals surface area contributed by atoms with Gasteiger partial charge in [0.2, 0.25) is 5.91 Å². The third kappa shape index (κ3) is 4.82. The summed E-state index contributed by atoms with van der Waals surface area (Å²) in [5.41, 5.74) is -1.43. The second-order valence-electron chi connectivity index (χ2n) is 5.35. The van der Waals surface area contributed by atoms with Crippen molar-refractivity contribution in [3.63, 3.8) is 0 Å². The predicted octanol–water partition coefficient (Wildman–Crippen LogP) is 3.54. The van der Waals surface area contributed by atoms with E-state index in [1.54, 1.807) is 6.92 Å². The molecule has 0 saturated carbocycles. The number of benzene rings is 1. The van der Waals surface area contributed by atoms with E-state index in [1.807, 2.05) is 0 Å². The number of rotatable bonds is 4. The number of pyridine rings is 1. The maximum Gasteiger partial charge on any atom is 0.417 e. The van der Waals surface area contributed by atoms with Crippen molar-refractivity contribution in [2.24, 2.45) is 0 Å². The highest BCUT2D eigenvalue weighted by atomic mass is 35.5. The molecule has 0 unspecified atom stereocenters. The minimum absolute atomic E-state index is 0.438. The van der Waals surface area contributed by atoms with Gasteiger partial charge in [-0.25, -0.2) is 4.39 Å². The molecule has 1 atom stereocenters. The molecule has 0 fully saturated rings. The lowest BCUT2D eigenvalue weighted by molar-refractivity contribution is -0.138. The maximum absolute atomic E-state index is 12.9. The molecular weight excluding hydrogens is 364 g/mol. The summed E-state index contributed by atoms with van der Waals surface area (Å²) in [4.78, 5) is 23.8. The molecular formula is C16H13ClF4N2O2. The number of hydrogen-bond donors (Lipinski definition) is 1. The van der Waals surface area contributed by atoms with Crippen molar-refractivity contribution in [1.82, 2.24) is 9.88 Å². The van der Waals surface area contributed by atoms with Crippen LogP contribution in [0.2, 0.25) is 5.02 Å². The highest BCUT2D eigenvalue weighted by Crippen LogP contribution is 2.29. The lowest BCUT2D eigenvalue weighted by atomic mass is 10.1. The van der Waals surface area contributed by atoms with Crippen LogP contribution in [-0.2, 0) is 17.5 Å². The highest BCUT2D eigenvalue weighted by molar-refractivity contribution is 6.30. The largest absolute Gasteiger partial charge is 0.417 e. The van der Waals surface area contributed by atoms with Gasteiger partial charge in [-0.2, -0.15) is 13.2 Å². The van der Waals surface area contributed by atoms with Gasteiger partial charge in [-0.05, 0) is 30.7 Å². The van der Waals surface area contributed by atoms with Crippen LogP contribution in [0.25, 0.3) is 0 Å². The summed E-state index contributed by atoms with van der Waals surface area (Å²) in [5, 5.41) is 1.89. The van der Waals surface area contributed by atoms with E-state index in [-0.39, 0.29) is 0 Å². The number of aromatic nitrogens is 1. The molecule has 0 radical (unpaired) electrons. The van der Waals surface area contributed by atoms with Gasteiger partial charge in [0, 0.05) is 6.20 Å². The second-order valence-corrected chi connectivity index (χ2v) is 5.76. The van der Waals surface area contributed by atoms with Gasteiger partial charge >= 0.3 is 6.18 Å². The van der Waals surface area contributed by atoms with Crippen molar-refractivity contribution in [2.75, 3.05) is 0 Å². The molecule has 1 N–H and O–H groups in total. The van der Waals surface area contributed by atoms with Gasteiger partial charge in [0.15, 0.2) is 0 Å². The van der Waals surface area contributed by atoms with Crippen LogP contribution < -0.4 is 10.9 Å². The Kier molecular flexibility index (Phi) is 5.52. The standard InChI is InChI=1S/C16H13ClF4N2O2/c1-9(10-2-4-12(18)5-3-10)22-14(24)8-23-7-11(16(19,20)21)6-13(17)15(23)25/h2-7,9H,8H2,1H3,(H,22,24)/t9-/m1/s1. The molecule has 0 bridgehead atoms. The molecule has 25 heavy (non-hydrogen) atoms. The Balaban J connectivity index is 2.16. The zero-order chi connectivity index (χ0) is 18.8. The van der Waals surface area contributed by atoms with Crippen LogP contribution in [0.15, 0.2) is 41.3 Å². The molecule has 4 nitrogen and oxygen atoms in total. The summed E-state index contributed by atoms with van der Waals surface area (Å²) >= 11 is 5.52. The van der Waals surface area contributed by atoms with Gasteiger partial charge < -0.3 is 9.88 Å². The van der Waals surface area contributed by atoms with Crippen LogP contribution in [0.3, 0.4) is 0 Å². The van der Waals surface area contributed by atoms with E-state index < -0.39 is 46.6 Å². The molecule has 1 aromatic carbocycles. The summed E-state index contributed by atoms with van der Waals surface area (Å²) in [6, 6.07) is 5.36. The maximum atomic E-state index is 12.9. The van der Waals surface area contributed by atoms with Crippen LogP contribution in [0, 0.1) is 5.82 Å². The van der Waals surface area contributed by atoms with Crippen LogP contribution >= 0.6 is 11.6 Å². The predicted molar refractivity (Wildman–Crippen MR) is 83.7 cm³/mol. The average Bonchev–Trinajstić information content (AvgIpc) is 2.51. The van der Waals surface area contributed by atoms with Crippen LogP contribution in [0.1, 0.15) is 24.1 Å². The third-order valence-electron chi connectivity index (χ3n) is 3.43. The first kappa shape index (κ1) is 19.0. The van der Waals surface area contributed by atoms with Gasteiger partial charge in [-0.15, -0.1) is 0 Å². The minimum Gasteiger partial charge on any atom is -0.348 e. The van der Waals surface area contributed by atoms with Crippen LogP contribution in [0.4, 0.5) is 17.6 Å². The Bertz CT molecular complexity index is 832. The SMILES string of the molecule is C[C@@H](NC(=O)Cn1cc(C(F)(F)F)cc(Cl)c1=O)c1ccc(F)cc1. The van der Waals surface area contributed by atoms with Crippen LogP contribution in [-0.4, -0.2) is 10.5 Å². The zero-order valence-corrected chi connectivity index (χ0v) is 13.7. The lowest BCUT2D eigenvalue weighted by Crippen LogP contribution is -2.34. The van der Waals surface area contributed by atoms with E-state index in [1.165, 1.54) is 24.3 Å². The minimum atomic E-state index is -4.70. The van der Waals surface area contributed by atoms with Crippen molar-refractivity contribution >= 4 is 17.5 Å². The molecule has 2 rings (SSSR count). The first-order valence-electron chi connectivity index (χ1n) is 7.10. The summed E-state index contributed by atoms with van der Waals surface area (Å²) in [7, 11) is 0. The first-order chi connectivity index (χ1) is 11.6. The molecule has 0 spiro atoms. The third-order valence-corrected chi connectivity index (χ3v) is 3.70. The van der Waals surface area contributed by atoms with Gasteiger partial charge in [0.25, 0.3) is 5.56 Å². The Morgan fingerprint density at radius 2 is 1.88 bits per heavy atom. The molecule has 2 aromatic rings. The Morgan fingerprint density at radius 3 is 2.44 bits per heavy atom. The van der Waals surface area contributed by atoms with Crippen LogP contribution in [0.5, 0.6) is 0 Å². The highest BCUT2D eigenvalue weighted by Gasteiger charge is 2.32. The van der Waals surface area contributed by atoms with Gasteiger partial charge in [-0.3, -0.25) is 9.59 Å². The summed E-state index contributed by atoms with van der Waals surface area (Å²) < 4.78 is 51.8. The number of hydrogen-bond acceptors (Lipinski definition) is 2. The number of alkyl halides is 3.